The summed E-state index contributed by atoms with van der Waals surface area (Å²) in [5.41, 5.74) is -4.00. The van der Waals surface area contributed by atoms with Crippen molar-refractivity contribution in [3.8, 4) is 17.2 Å². The summed E-state index contributed by atoms with van der Waals surface area (Å²) in [6, 6.07) is 13.8. The predicted molar refractivity (Wildman–Crippen MR) is 181 cm³/mol. The standard InChI is InChI=1S/C34H31ClF3N5O7S/c1-48-22-8-9-30(29(18-22)50-3)51(46,47)43-27-20-24(34(36,37)38)26(35)19-25(27)33(31(43)44,23-6-4-5-7-28(23)49-2)40-32(45)42-16-14-41(15-17-42)21-10-12-39-13-11-21/h4-13,18-20H,14-17H2,1-3H3,(H,40,45). The molecule has 0 saturated carbocycles. The van der Waals surface area contributed by atoms with Crippen molar-refractivity contribution in [2.75, 3.05) is 56.7 Å². The highest BCUT2D eigenvalue weighted by Crippen LogP contribution is 2.52. The number of para-hydroxylation sites is 1. The zero-order valence-corrected chi connectivity index (χ0v) is 29.0. The monoisotopic (exact) mass is 745 g/mol. The van der Waals surface area contributed by atoms with Crippen molar-refractivity contribution in [2.24, 2.45) is 0 Å². The van der Waals surface area contributed by atoms with E-state index in [1.165, 1.54) is 56.6 Å². The first-order valence-corrected chi connectivity index (χ1v) is 17.2. The molecule has 4 aromatic rings. The second-order valence-corrected chi connectivity index (χ2v) is 13.7. The van der Waals surface area contributed by atoms with Crippen LogP contribution in [0.3, 0.4) is 0 Å². The third kappa shape index (κ3) is 6.11. The van der Waals surface area contributed by atoms with Crippen molar-refractivity contribution < 1.29 is 45.4 Å². The molecule has 2 aliphatic rings. The van der Waals surface area contributed by atoms with E-state index in [-0.39, 0.29) is 45.8 Å². The topological polar surface area (TPSA) is 131 Å². The Morgan fingerprint density at radius 3 is 2.18 bits per heavy atom. The first-order chi connectivity index (χ1) is 24.3. The maximum absolute atomic E-state index is 15.1. The molecule has 0 bridgehead atoms. The average Bonchev–Trinajstić information content (AvgIpc) is 3.37. The Morgan fingerprint density at radius 1 is 0.882 bits per heavy atom. The molecule has 1 unspecified atom stereocenters. The van der Waals surface area contributed by atoms with Gasteiger partial charge in [-0.3, -0.25) is 9.78 Å². The van der Waals surface area contributed by atoms with Crippen molar-refractivity contribution in [2.45, 2.75) is 16.6 Å². The molecular formula is C34H31ClF3N5O7S. The van der Waals surface area contributed by atoms with Gasteiger partial charge in [0.2, 0.25) is 0 Å². The number of sulfonamides is 1. The lowest BCUT2D eigenvalue weighted by molar-refractivity contribution is -0.137. The van der Waals surface area contributed by atoms with Gasteiger partial charge in [0.1, 0.15) is 22.1 Å². The first kappa shape index (κ1) is 35.6. The lowest BCUT2D eigenvalue weighted by Crippen LogP contribution is -2.60. The van der Waals surface area contributed by atoms with Crippen LogP contribution in [0, 0.1) is 0 Å². The second-order valence-electron chi connectivity index (χ2n) is 11.5. The van der Waals surface area contributed by atoms with Crippen LogP contribution in [0.15, 0.2) is 84.0 Å². The molecule has 1 fully saturated rings. The SMILES string of the molecule is COc1ccc(S(=O)(=O)N2C(=O)C(NC(=O)N3CCN(c4ccncc4)CC3)(c3ccccc3OC)c3cc(Cl)c(C(F)(F)F)cc32)c(OC)c1. The fraction of sp³-hybridized carbons (Fsp3) is 0.265. The number of carbonyl (C=O) groups excluding carboxylic acids is 2. The Kier molecular flexibility index (Phi) is 9.41. The minimum absolute atomic E-state index is 0.0388. The molecule has 17 heteroatoms. The molecule has 0 radical (unpaired) electrons. The number of ether oxygens (including phenoxy) is 3. The molecule has 1 atom stereocenters. The number of aromatic nitrogens is 1. The van der Waals surface area contributed by atoms with Crippen LogP contribution in [-0.2, 0) is 26.5 Å². The van der Waals surface area contributed by atoms with Gasteiger partial charge in [0, 0.05) is 61.5 Å². The molecule has 0 aliphatic carbocycles. The minimum atomic E-state index is -5.07. The minimum Gasteiger partial charge on any atom is -0.497 e. The summed E-state index contributed by atoms with van der Waals surface area (Å²) in [7, 11) is -1.25. The van der Waals surface area contributed by atoms with Crippen molar-refractivity contribution in [1.29, 1.82) is 0 Å². The molecular weight excluding hydrogens is 715 g/mol. The number of urea groups is 1. The Labute approximate surface area is 296 Å². The molecule has 12 nitrogen and oxygen atoms in total. The molecule has 2 aliphatic heterocycles. The van der Waals surface area contributed by atoms with E-state index in [2.05, 4.69) is 10.3 Å². The van der Waals surface area contributed by atoms with Crippen LogP contribution in [0.4, 0.5) is 29.3 Å². The number of methoxy groups -OCH3 is 3. The summed E-state index contributed by atoms with van der Waals surface area (Å²) in [5.74, 6) is -1.31. The molecule has 3 aromatic carbocycles. The summed E-state index contributed by atoms with van der Waals surface area (Å²) in [4.78, 5) is 36.2. The number of anilines is 2. The van der Waals surface area contributed by atoms with Crippen molar-refractivity contribution >= 4 is 44.9 Å². The van der Waals surface area contributed by atoms with Crippen LogP contribution < -0.4 is 28.7 Å². The maximum atomic E-state index is 15.1. The normalized spacial score (nSPS) is 17.6. The number of nitrogens with zero attached hydrogens (tertiary/aromatic N) is 4. The summed E-state index contributed by atoms with van der Waals surface area (Å²) < 4.78 is 88.4. The largest absolute Gasteiger partial charge is 0.497 e. The van der Waals surface area contributed by atoms with Crippen LogP contribution in [-0.4, -0.2) is 77.7 Å². The highest BCUT2D eigenvalue weighted by atomic mass is 35.5. The van der Waals surface area contributed by atoms with E-state index < -0.39 is 54.8 Å². The van der Waals surface area contributed by atoms with Crippen LogP contribution in [0.25, 0.3) is 0 Å². The summed E-state index contributed by atoms with van der Waals surface area (Å²) in [6.45, 7) is 1.19. The van der Waals surface area contributed by atoms with Crippen LogP contribution in [0.1, 0.15) is 16.7 Å². The van der Waals surface area contributed by atoms with Gasteiger partial charge in [-0.15, -0.1) is 0 Å². The van der Waals surface area contributed by atoms with Gasteiger partial charge in [-0.1, -0.05) is 29.8 Å². The van der Waals surface area contributed by atoms with Gasteiger partial charge in [-0.2, -0.15) is 17.5 Å². The van der Waals surface area contributed by atoms with E-state index in [4.69, 9.17) is 25.8 Å². The van der Waals surface area contributed by atoms with Gasteiger partial charge in [0.25, 0.3) is 15.9 Å². The van der Waals surface area contributed by atoms with E-state index in [0.29, 0.717) is 19.2 Å². The zero-order valence-electron chi connectivity index (χ0n) is 27.4. The number of hydrogen-bond donors (Lipinski definition) is 1. The maximum Gasteiger partial charge on any atom is 0.417 e. The quantitative estimate of drug-likeness (QED) is 0.256. The van der Waals surface area contributed by atoms with Gasteiger partial charge in [0.05, 0.1) is 37.6 Å². The molecule has 0 spiro atoms. The van der Waals surface area contributed by atoms with Crippen molar-refractivity contribution in [1.82, 2.24) is 15.2 Å². The smallest absolute Gasteiger partial charge is 0.417 e. The van der Waals surface area contributed by atoms with E-state index in [0.717, 1.165) is 17.8 Å². The Balaban J connectivity index is 1.54. The predicted octanol–water partition coefficient (Wildman–Crippen LogP) is 5.29. The van der Waals surface area contributed by atoms with Gasteiger partial charge >= 0.3 is 12.2 Å². The Hall–Kier alpha value is -5.22. The summed E-state index contributed by atoms with van der Waals surface area (Å²) in [5, 5.41) is 1.91. The number of carbonyl (C=O) groups is 2. The third-order valence-corrected chi connectivity index (χ3v) is 10.9. The number of fused-ring (bicyclic) bond motifs is 1. The molecule has 1 N–H and O–H groups in total. The number of nitrogens with one attached hydrogen (secondary N) is 1. The van der Waals surface area contributed by atoms with Gasteiger partial charge < -0.3 is 29.3 Å². The zero-order chi connectivity index (χ0) is 36.7. The van der Waals surface area contributed by atoms with Crippen LogP contribution in [0.5, 0.6) is 17.2 Å². The van der Waals surface area contributed by atoms with E-state index in [1.807, 2.05) is 17.0 Å². The third-order valence-electron chi connectivity index (χ3n) is 8.81. The lowest BCUT2D eigenvalue weighted by atomic mass is 9.82. The second kappa shape index (κ2) is 13.5. The number of amides is 3. The van der Waals surface area contributed by atoms with Crippen molar-refractivity contribution in [3.05, 3.63) is 101 Å². The van der Waals surface area contributed by atoms with Gasteiger partial charge in [-0.25, -0.2) is 13.2 Å². The average molecular weight is 746 g/mol. The Bertz CT molecular complexity index is 2100. The number of hydrogen-bond acceptors (Lipinski definition) is 9. The molecule has 1 aromatic heterocycles. The number of halogens is 4. The van der Waals surface area contributed by atoms with Crippen molar-refractivity contribution in [3.63, 3.8) is 0 Å². The molecule has 1 saturated heterocycles. The molecule has 3 amide bonds. The number of piperazine rings is 1. The molecule has 3 heterocycles. The van der Waals surface area contributed by atoms with Crippen LogP contribution >= 0.6 is 11.6 Å². The number of alkyl halides is 3. The summed E-state index contributed by atoms with van der Waals surface area (Å²) >= 11 is 6.25. The lowest BCUT2D eigenvalue weighted by Gasteiger charge is -2.38. The van der Waals surface area contributed by atoms with Crippen LogP contribution in [0.2, 0.25) is 5.02 Å². The van der Waals surface area contributed by atoms with E-state index in [1.54, 1.807) is 18.5 Å². The highest BCUT2D eigenvalue weighted by Gasteiger charge is 2.60. The Morgan fingerprint density at radius 2 is 1.55 bits per heavy atom. The van der Waals surface area contributed by atoms with E-state index >= 15 is 4.79 Å². The number of benzene rings is 3. The number of pyridine rings is 1. The number of rotatable bonds is 8. The molecule has 6 rings (SSSR count). The highest BCUT2D eigenvalue weighted by molar-refractivity contribution is 7.93. The fourth-order valence-corrected chi connectivity index (χ4v) is 8.18. The summed E-state index contributed by atoms with van der Waals surface area (Å²) in [6.07, 6.45) is -1.76. The van der Waals surface area contributed by atoms with Gasteiger partial charge in [0.15, 0.2) is 5.54 Å². The molecule has 51 heavy (non-hydrogen) atoms. The van der Waals surface area contributed by atoms with E-state index in [9.17, 15) is 26.4 Å². The molecule has 268 valence electrons. The fourth-order valence-electron chi connectivity index (χ4n) is 6.31. The first-order valence-electron chi connectivity index (χ1n) is 15.4. The van der Waals surface area contributed by atoms with Gasteiger partial charge in [-0.05, 0) is 42.5 Å².